The van der Waals surface area contributed by atoms with E-state index in [1.54, 1.807) is 30.8 Å². The third kappa shape index (κ3) is 3.87. The van der Waals surface area contributed by atoms with Crippen LogP contribution < -0.4 is 15.4 Å². The van der Waals surface area contributed by atoms with E-state index in [1.165, 1.54) is 16.9 Å². The molecule has 2 aromatic heterocycles. The minimum atomic E-state index is -0.0823. The number of thiophene rings is 1. The molecule has 0 fully saturated rings. The molecule has 3 aromatic rings. The number of methoxy groups -OCH3 is 1. The highest BCUT2D eigenvalue weighted by atomic mass is 32.1. The van der Waals surface area contributed by atoms with Crippen LogP contribution in [0.3, 0.4) is 0 Å². The van der Waals surface area contributed by atoms with E-state index >= 15 is 0 Å². The van der Waals surface area contributed by atoms with Crippen molar-refractivity contribution in [2.24, 2.45) is 0 Å². The van der Waals surface area contributed by atoms with Crippen molar-refractivity contribution >= 4 is 27.9 Å². The van der Waals surface area contributed by atoms with Gasteiger partial charge in [0, 0.05) is 23.8 Å². The monoisotopic (exact) mass is 393 g/mol. The van der Waals surface area contributed by atoms with Crippen LogP contribution >= 0.6 is 11.3 Å². The van der Waals surface area contributed by atoms with E-state index in [0.717, 1.165) is 35.4 Å². The van der Waals surface area contributed by atoms with Crippen molar-refractivity contribution in [3.63, 3.8) is 0 Å². The molecule has 0 saturated carbocycles. The molecule has 1 aliphatic carbocycles. The normalized spacial score (nSPS) is 12.9. The lowest BCUT2D eigenvalue weighted by molar-refractivity contribution is 0.102. The molecule has 0 radical (unpaired) electrons. The number of carbonyl (C=O) groups is 1. The Kier molecular flexibility index (Phi) is 5.58. The number of ether oxygens (including phenoxy) is 1. The van der Waals surface area contributed by atoms with Crippen LogP contribution in [0.15, 0.2) is 48.8 Å². The first-order valence-electron chi connectivity index (χ1n) is 9.48. The van der Waals surface area contributed by atoms with Gasteiger partial charge in [0.1, 0.15) is 10.8 Å². The molecular weight excluding hydrogens is 370 g/mol. The Bertz CT molecular complexity index is 969. The average molecular weight is 394 g/mol. The summed E-state index contributed by atoms with van der Waals surface area (Å²) in [6, 6.07) is 11.5. The molecule has 144 valence electrons. The molecular formula is C22H23N3O2S. The molecule has 5 nitrogen and oxygen atoms in total. The highest BCUT2D eigenvalue weighted by molar-refractivity contribution is 7.16. The number of aryl methyl sites for hydroxylation is 1. The third-order valence-electron chi connectivity index (χ3n) is 4.96. The molecule has 1 aromatic carbocycles. The van der Waals surface area contributed by atoms with Gasteiger partial charge in [0.2, 0.25) is 0 Å². The smallest absolute Gasteiger partial charge is 0.259 e. The van der Waals surface area contributed by atoms with Gasteiger partial charge >= 0.3 is 0 Å². The van der Waals surface area contributed by atoms with Crippen LogP contribution in [0.1, 0.15) is 39.2 Å². The Balaban J connectivity index is 1.62. The van der Waals surface area contributed by atoms with E-state index in [-0.39, 0.29) is 5.91 Å². The van der Waals surface area contributed by atoms with Crippen molar-refractivity contribution in [2.75, 3.05) is 17.7 Å². The van der Waals surface area contributed by atoms with Crippen LogP contribution in [0.5, 0.6) is 5.75 Å². The molecule has 1 amide bonds. The Hall–Kier alpha value is -2.86. The van der Waals surface area contributed by atoms with Gasteiger partial charge < -0.3 is 15.4 Å². The van der Waals surface area contributed by atoms with E-state index in [1.807, 2.05) is 36.4 Å². The van der Waals surface area contributed by atoms with Crippen LogP contribution in [0, 0.1) is 0 Å². The van der Waals surface area contributed by atoms with Gasteiger partial charge in [-0.1, -0.05) is 12.1 Å². The molecule has 4 rings (SSSR count). The number of aromatic nitrogens is 1. The maximum absolute atomic E-state index is 13.2. The predicted molar refractivity (Wildman–Crippen MR) is 113 cm³/mol. The van der Waals surface area contributed by atoms with Gasteiger partial charge in [-0.25, -0.2) is 0 Å². The fourth-order valence-electron chi connectivity index (χ4n) is 3.55. The van der Waals surface area contributed by atoms with Gasteiger partial charge in [0.25, 0.3) is 5.91 Å². The maximum Gasteiger partial charge on any atom is 0.259 e. The number of nitrogens with zero attached hydrogens (tertiary/aromatic N) is 1. The zero-order chi connectivity index (χ0) is 19.3. The lowest BCUT2D eigenvalue weighted by Crippen LogP contribution is -2.17. The minimum Gasteiger partial charge on any atom is -0.495 e. The van der Waals surface area contributed by atoms with Crippen molar-refractivity contribution in [1.82, 2.24) is 4.98 Å². The number of amides is 1. The fraction of sp³-hybridized carbons (Fsp3) is 0.273. The van der Waals surface area contributed by atoms with Gasteiger partial charge in [0.05, 0.1) is 18.4 Å². The number of anilines is 2. The maximum atomic E-state index is 13.2. The summed E-state index contributed by atoms with van der Waals surface area (Å²) in [6.07, 6.45) is 7.88. The number of rotatable bonds is 6. The zero-order valence-corrected chi connectivity index (χ0v) is 16.6. The standard InChI is InChI=1S/C22H23N3O2S/c1-27-18-8-4-3-7-17(18)25-21(26)20-16-6-2-5-9-19(16)28-22(20)24-14-15-10-12-23-13-11-15/h3-4,7-8,10-13,24H,2,5-6,9,14H2,1H3,(H,25,26). The number of benzene rings is 1. The minimum absolute atomic E-state index is 0.0823. The molecule has 28 heavy (non-hydrogen) atoms. The van der Waals surface area contributed by atoms with Gasteiger partial charge in [-0.2, -0.15) is 0 Å². The summed E-state index contributed by atoms with van der Waals surface area (Å²) in [7, 11) is 1.61. The van der Waals surface area contributed by atoms with Crippen molar-refractivity contribution in [3.8, 4) is 5.75 Å². The Labute approximate surface area is 168 Å². The van der Waals surface area contributed by atoms with Crippen molar-refractivity contribution < 1.29 is 9.53 Å². The van der Waals surface area contributed by atoms with Crippen LogP contribution in [0.4, 0.5) is 10.7 Å². The van der Waals surface area contributed by atoms with Gasteiger partial charge in [-0.15, -0.1) is 11.3 Å². The predicted octanol–water partition coefficient (Wildman–Crippen LogP) is 4.89. The van der Waals surface area contributed by atoms with E-state index in [4.69, 9.17) is 4.74 Å². The highest BCUT2D eigenvalue weighted by Gasteiger charge is 2.26. The molecule has 0 unspecified atom stereocenters. The molecule has 0 bridgehead atoms. The van der Waals surface area contributed by atoms with E-state index in [9.17, 15) is 4.79 Å². The summed E-state index contributed by atoms with van der Waals surface area (Å²) in [4.78, 5) is 18.6. The van der Waals surface area contributed by atoms with Crippen molar-refractivity contribution in [1.29, 1.82) is 0 Å². The number of hydrogen-bond donors (Lipinski definition) is 2. The molecule has 0 spiro atoms. The lowest BCUT2D eigenvalue weighted by atomic mass is 9.95. The number of para-hydroxylation sites is 2. The number of fused-ring (bicyclic) bond motifs is 1. The zero-order valence-electron chi connectivity index (χ0n) is 15.8. The molecule has 2 N–H and O–H groups in total. The highest BCUT2D eigenvalue weighted by Crippen LogP contribution is 2.39. The van der Waals surface area contributed by atoms with Gasteiger partial charge in [-0.3, -0.25) is 9.78 Å². The average Bonchev–Trinajstić information content (AvgIpc) is 3.12. The topological polar surface area (TPSA) is 63.2 Å². The van der Waals surface area contributed by atoms with Crippen LogP contribution in [-0.2, 0) is 19.4 Å². The van der Waals surface area contributed by atoms with E-state index < -0.39 is 0 Å². The van der Waals surface area contributed by atoms with Gasteiger partial charge in [-0.05, 0) is 61.1 Å². The van der Waals surface area contributed by atoms with E-state index in [2.05, 4.69) is 15.6 Å². The first kappa shape index (κ1) is 18.5. The van der Waals surface area contributed by atoms with E-state index in [0.29, 0.717) is 18.0 Å². The summed E-state index contributed by atoms with van der Waals surface area (Å²) in [5.41, 5.74) is 3.80. The molecule has 2 heterocycles. The third-order valence-corrected chi connectivity index (χ3v) is 6.21. The fourth-order valence-corrected chi connectivity index (χ4v) is 4.83. The summed E-state index contributed by atoms with van der Waals surface area (Å²) in [5, 5.41) is 7.47. The van der Waals surface area contributed by atoms with Crippen molar-refractivity contribution in [3.05, 3.63) is 70.4 Å². The second-order valence-electron chi connectivity index (χ2n) is 6.78. The Morgan fingerprint density at radius 1 is 1.14 bits per heavy atom. The van der Waals surface area contributed by atoms with Crippen LogP contribution in [0.25, 0.3) is 0 Å². The SMILES string of the molecule is COc1ccccc1NC(=O)c1c(NCc2ccncc2)sc2c1CCCC2. The summed E-state index contributed by atoms with van der Waals surface area (Å²) in [6.45, 7) is 0.664. The van der Waals surface area contributed by atoms with Crippen LogP contribution in [0.2, 0.25) is 0 Å². The number of carbonyl (C=O) groups excluding carboxylic acids is 1. The number of pyridine rings is 1. The first-order chi connectivity index (χ1) is 13.8. The largest absolute Gasteiger partial charge is 0.495 e. The quantitative estimate of drug-likeness (QED) is 0.626. The van der Waals surface area contributed by atoms with Crippen LogP contribution in [-0.4, -0.2) is 18.0 Å². The molecule has 6 heteroatoms. The summed E-state index contributed by atoms with van der Waals surface area (Å²) in [5.74, 6) is 0.576. The second kappa shape index (κ2) is 8.44. The Morgan fingerprint density at radius 2 is 1.93 bits per heavy atom. The number of hydrogen-bond acceptors (Lipinski definition) is 5. The molecule has 1 aliphatic rings. The molecule has 0 saturated heterocycles. The van der Waals surface area contributed by atoms with Crippen molar-refractivity contribution in [2.45, 2.75) is 32.2 Å². The summed E-state index contributed by atoms with van der Waals surface area (Å²) < 4.78 is 5.38. The Morgan fingerprint density at radius 3 is 2.75 bits per heavy atom. The first-order valence-corrected chi connectivity index (χ1v) is 10.3. The summed E-state index contributed by atoms with van der Waals surface area (Å²) >= 11 is 1.71. The van der Waals surface area contributed by atoms with Gasteiger partial charge in [0.15, 0.2) is 0 Å². The molecule has 0 aliphatic heterocycles. The number of nitrogens with one attached hydrogen (secondary N) is 2. The molecule has 0 atom stereocenters. The second-order valence-corrected chi connectivity index (χ2v) is 7.88. The lowest BCUT2D eigenvalue weighted by Gasteiger charge is -2.14.